The number of piperidine rings is 1. The molecular formula is C19H32N4. The third kappa shape index (κ3) is 5.87. The lowest BCUT2D eigenvalue weighted by molar-refractivity contribution is 0.152. The van der Waals surface area contributed by atoms with Gasteiger partial charge in [0.1, 0.15) is 0 Å². The fourth-order valence-electron chi connectivity index (χ4n) is 2.95. The smallest absolute Gasteiger partial charge is 0.189 e. The highest BCUT2D eigenvalue weighted by molar-refractivity contribution is 5.78. The van der Waals surface area contributed by atoms with Gasteiger partial charge in [0.25, 0.3) is 0 Å². The Bertz CT molecular complexity index is 495. The SMILES string of the molecule is CCC(C)NC(N)=NCc1ccc(CN2CCCCC2C)cc1. The molecule has 1 saturated heterocycles. The summed E-state index contributed by atoms with van der Waals surface area (Å²) in [6.45, 7) is 9.50. The van der Waals surface area contributed by atoms with E-state index in [0.29, 0.717) is 24.6 Å². The number of benzene rings is 1. The van der Waals surface area contributed by atoms with Gasteiger partial charge in [0.15, 0.2) is 5.96 Å². The fourth-order valence-corrected chi connectivity index (χ4v) is 2.95. The average molecular weight is 316 g/mol. The van der Waals surface area contributed by atoms with Gasteiger partial charge >= 0.3 is 0 Å². The number of nitrogens with one attached hydrogen (secondary N) is 1. The molecule has 1 fully saturated rings. The average Bonchev–Trinajstić information content (AvgIpc) is 2.56. The van der Waals surface area contributed by atoms with Crippen molar-refractivity contribution in [1.29, 1.82) is 0 Å². The Balaban J connectivity index is 1.85. The minimum absolute atomic E-state index is 0.368. The molecule has 4 nitrogen and oxygen atoms in total. The summed E-state index contributed by atoms with van der Waals surface area (Å²) < 4.78 is 0. The van der Waals surface area contributed by atoms with E-state index in [2.05, 4.69) is 60.2 Å². The van der Waals surface area contributed by atoms with Gasteiger partial charge in [0.2, 0.25) is 0 Å². The molecule has 0 radical (unpaired) electrons. The number of nitrogens with two attached hydrogens (primary N) is 1. The van der Waals surface area contributed by atoms with Crippen molar-refractivity contribution in [2.24, 2.45) is 10.7 Å². The first-order chi connectivity index (χ1) is 11.1. The second kappa shape index (κ2) is 8.92. The largest absolute Gasteiger partial charge is 0.370 e. The number of hydrogen-bond acceptors (Lipinski definition) is 2. The van der Waals surface area contributed by atoms with Gasteiger partial charge in [-0.1, -0.05) is 37.6 Å². The maximum absolute atomic E-state index is 5.90. The van der Waals surface area contributed by atoms with Crippen LogP contribution < -0.4 is 11.1 Å². The van der Waals surface area contributed by atoms with E-state index < -0.39 is 0 Å². The van der Waals surface area contributed by atoms with Gasteiger partial charge in [0, 0.05) is 18.6 Å². The molecule has 0 aromatic heterocycles. The van der Waals surface area contributed by atoms with Crippen LogP contribution in [0.15, 0.2) is 29.3 Å². The van der Waals surface area contributed by atoms with E-state index in [-0.39, 0.29) is 0 Å². The Hall–Kier alpha value is -1.55. The van der Waals surface area contributed by atoms with Crippen LogP contribution in [0.1, 0.15) is 57.6 Å². The summed E-state index contributed by atoms with van der Waals surface area (Å²) >= 11 is 0. The summed E-state index contributed by atoms with van der Waals surface area (Å²) in [6.07, 6.45) is 5.08. The van der Waals surface area contributed by atoms with Crippen molar-refractivity contribution in [3.63, 3.8) is 0 Å². The summed E-state index contributed by atoms with van der Waals surface area (Å²) in [5.41, 5.74) is 8.49. The van der Waals surface area contributed by atoms with E-state index in [9.17, 15) is 0 Å². The maximum Gasteiger partial charge on any atom is 0.189 e. The zero-order valence-electron chi connectivity index (χ0n) is 14.9. The van der Waals surface area contributed by atoms with E-state index in [1.165, 1.54) is 36.9 Å². The van der Waals surface area contributed by atoms with Gasteiger partial charge in [0.05, 0.1) is 6.54 Å². The van der Waals surface area contributed by atoms with Crippen molar-refractivity contribution < 1.29 is 0 Å². The minimum atomic E-state index is 0.368. The van der Waals surface area contributed by atoms with E-state index in [0.717, 1.165) is 13.0 Å². The van der Waals surface area contributed by atoms with Gasteiger partial charge in [-0.2, -0.15) is 0 Å². The maximum atomic E-state index is 5.90. The van der Waals surface area contributed by atoms with Crippen molar-refractivity contribution in [2.75, 3.05) is 6.54 Å². The van der Waals surface area contributed by atoms with E-state index >= 15 is 0 Å². The highest BCUT2D eigenvalue weighted by Gasteiger charge is 2.17. The molecule has 1 aliphatic rings. The van der Waals surface area contributed by atoms with Crippen LogP contribution in [-0.2, 0) is 13.1 Å². The molecule has 1 aromatic carbocycles. The third-order valence-electron chi connectivity index (χ3n) is 4.79. The van der Waals surface area contributed by atoms with Crippen molar-refractivity contribution in [2.45, 2.75) is 71.6 Å². The Labute approximate surface area is 141 Å². The van der Waals surface area contributed by atoms with Crippen LogP contribution in [0.4, 0.5) is 0 Å². The molecule has 0 aliphatic carbocycles. The predicted molar refractivity (Wildman–Crippen MR) is 98.4 cm³/mol. The van der Waals surface area contributed by atoms with Crippen LogP contribution in [0.25, 0.3) is 0 Å². The first kappa shape index (κ1) is 17.8. The molecule has 1 heterocycles. The second-order valence-corrected chi connectivity index (χ2v) is 6.79. The fraction of sp³-hybridized carbons (Fsp3) is 0.632. The molecule has 0 spiro atoms. The molecule has 0 saturated carbocycles. The molecule has 23 heavy (non-hydrogen) atoms. The van der Waals surface area contributed by atoms with E-state index in [1.54, 1.807) is 0 Å². The summed E-state index contributed by atoms with van der Waals surface area (Å²) in [7, 11) is 0. The highest BCUT2D eigenvalue weighted by Crippen LogP contribution is 2.19. The molecule has 128 valence electrons. The molecular weight excluding hydrogens is 284 g/mol. The zero-order valence-corrected chi connectivity index (χ0v) is 14.9. The van der Waals surface area contributed by atoms with Gasteiger partial charge in [-0.25, -0.2) is 4.99 Å². The van der Waals surface area contributed by atoms with Crippen molar-refractivity contribution in [1.82, 2.24) is 10.2 Å². The molecule has 4 heteroatoms. The van der Waals surface area contributed by atoms with Gasteiger partial charge in [-0.15, -0.1) is 0 Å². The van der Waals surface area contributed by atoms with Crippen LogP contribution >= 0.6 is 0 Å². The first-order valence-corrected chi connectivity index (χ1v) is 8.96. The molecule has 2 unspecified atom stereocenters. The van der Waals surface area contributed by atoms with Gasteiger partial charge in [-0.05, 0) is 50.8 Å². The Morgan fingerprint density at radius 2 is 2.00 bits per heavy atom. The molecule has 0 bridgehead atoms. The molecule has 0 amide bonds. The van der Waals surface area contributed by atoms with E-state index in [4.69, 9.17) is 5.73 Å². The molecule has 1 aromatic rings. The number of nitrogens with zero attached hydrogens (tertiary/aromatic N) is 2. The van der Waals surface area contributed by atoms with Crippen LogP contribution in [0.5, 0.6) is 0 Å². The first-order valence-electron chi connectivity index (χ1n) is 8.96. The molecule has 2 rings (SSSR count). The number of aliphatic imine (C=N–C) groups is 1. The van der Waals surface area contributed by atoms with Crippen LogP contribution in [0.3, 0.4) is 0 Å². The summed E-state index contributed by atoms with van der Waals surface area (Å²) in [5.74, 6) is 0.533. The molecule has 2 atom stereocenters. The summed E-state index contributed by atoms with van der Waals surface area (Å²) in [6, 6.07) is 9.87. The van der Waals surface area contributed by atoms with Gasteiger partial charge in [-0.3, -0.25) is 4.90 Å². The number of likely N-dealkylation sites (tertiary alicyclic amines) is 1. The summed E-state index contributed by atoms with van der Waals surface area (Å²) in [5, 5.41) is 3.19. The number of hydrogen-bond donors (Lipinski definition) is 2. The number of guanidine groups is 1. The van der Waals surface area contributed by atoms with Crippen LogP contribution in [0, 0.1) is 0 Å². The monoisotopic (exact) mass is 316 g/mol. The van der Waals surface area contributed by atoms with Gasteiger partial charge < -0.3 is 11.1 Å². The standard InChI is InChI=1S/C19H32N4/c1-4-15(2)22-19(20)21-13-17-8-10-18(11-9-17)14-23-12-6-5-7-16(23)3/h8-11,15-16H,4-7,12-14H2,1-3H3,(H3,20,21,22). The Morgan fingerprint density at radius 1 is 1.30 bits per heavy atom. The van der Waals surface area contributed by atoms with Crippen molar-refractivity contribution in [3.05, 3.63) is 35.4 Å². The predicted octanol–water partition coefficient (Wildman–Crippen LogP) is 3.26. The van der Waals surface area contributed by atoms with Crippen LogP contribution in [-0.4, -0.2) is 29.5 Å². The lowest BCUT2D eigenvalue weighted by atomic mass is 10.0. The second-order valence-electron chi connectivity index (χ2n) is 6.79. The highest BCUT2D eigenvalue weighted by atomic mass is 15.2. The minimum Gasteiger partial charge on any atom is -0.370 e. The summed E-state index contributed by atoms with van der Waals surface area (Å²) in [4.78, 5) is 7.00. The van der Waals surface area contributed by atoms with Crippen LogP contribution in [0.2, 0.25) is 0 Å². The Morgan fingerprint density at radius 3 is 2.65 bits per heavy atom. The van der Waals surface area contributed by atoms with Crippen molar-refractivity contribution in [3.8, 4) is 0 Å². The third-order valence-corrected chi connectivity index (χ3v) is 4.79. The lowest BCUT2D eigenvalue weighted by Crippen LogP contribution is -2.38. The molecule has 3 N–H and O–H groups in total. The molecule has 1 aliphatic heterocycles. The quantitative estimate of drug-likeness (QED) is 0.625. The van der Waals surface area contributed by atoms with E-state index in [1.807, 2.05) is 0 Å². The van der Waals surface area contributed by atoms with Crippen molar-refractivity contribution >= 4 is 5.96 Å². The zero-order chi connectivity index (χ0) is 16.7. The topological polar surface area (TPSA) is 53.6 Å². The Kier molecular flexibility index (Phi) is 6.90. The lowest BCUT2D eigenvalue weighted by Gasteiger charge is -2.33. The normalized spacial score (nSPS) is 21.2. The number of rotatable bonds is 6.